The maximum atomic E-state index is 8.98. The molecule has 1 fully saturated rings. The topological polar surface area (TPSA) is 20.2 Å². The van der Waals surface area contributed by atoms with Crippen LogP contribution in [-0.4, -0.2) is 11.7 Å². The highest BCUT2D eigenvalue weighted by molar-refractivity contribution is 5.07. The second-order valence-corrected chi connectivity index (χ2v) is 3.61. The summed E-state index contributed by atoms with van der Waals surface area (Å²) >= 11 is 0. The van der Waals surface area contributed by atoms with Crippen molar-refractivity contribution in [2.45, 2.75) is 25.7 Å². The summed E-state index contributed by atoms with van der Waals surface area (Å²) in [5.41, 5.74) is 0. The molecule has 0 aromatic rings. The number of aliphatic hydroxyl groups excluding tert-OH is 1. The van der Waals surface area contributed by atoms with Crippen LogP contribution in [0.15, 0.2) is 0 Å². The number of hydrogen-bond donors (Lipinski definition) is 1. The highest BCUT2D eigenvalue weighted by Gasteiger charge is 2.47. The number of aliphatic hydroxyl groups is 1. The van der Waals surface area contributed by atoms with E-state index in [0.717, 1.165) is 24.7 Å². The van der Waals surface area contributed by atoms with Gasteiger partial charge in [-0.2, -0.15) is 0 Å². The molecule has 2 aliphatic carbocycles. The van der Waals surface area contributed by atoms with Gasteiger partial charge in [0.15, 0.2) is 0 Å². The monoisotopic (exact) mass is 150 g/mol. The highest BCUT2D eigenvalue weighted by atomic mass is 16.3. The van der Waals surface area contributed by atoms with Crippen LogP contribution in [0.5, 0.6) is 0 Å². The molecular formula is C10H14O. The van der Waals surface area contributed by atoms with Crippen molar-refractivity contribution in [2.24, 2.45) is 17.8 Å². The lowest BCUT2D eigenvalue weighted by molar-refractivity contribution is 0.262. The van der Waals surface area contributed by atoms with Crippen LogP contribution in [0.2, 0.25) is 0 Å². The van der Waals surface area contributed by atoms with Crippen LogP contribution in [0.3, 0.4) is 0 Å². The zero-order valence-corrected chi connectivity index (χ0v) is 6.71. The highest BCUT2D eigenvalue weighted by Crippen LogP contribution is 2.51. The van der Waals surface area contributed by atoms with E-state index in [-0.39, 0.29) is 0 Å². The summed E-state index contributed by atoms with van der Waals surface area (Å²) in [7, 11) is 0. The molecule has 0 amide bonds. The van der Waals surface area contributed by atoms with Crippen molar-refractivity contribution in [2.75, 3.05) is 6.61 Å². The van der Waals surface area contributed by atoms with Crippen LogP contribution in [0, 0.1) is 29.6 Å². The molecule has 0 radical (unpaired) electrons. The number of hydrogen-bond acceptors (Lipinski definition) is 1. The van der Waals surface area contributed by atoms with Crippen molar-refractivity contribution in [3.63, 3.8) is 0 Å². The summed E-state index contributed by atoms with van der Waals surface area (Å²) in [6.07, 6.45) is 4.56. The van der Waals surface area contributed by atoms with E-state index in [2.05, 4.69) is 11.8 Å². The molecule has 0 spiro atoms. The van der Waals surface area contributed by atoms with E-state index >= 15 is 0 Å². The van der Waals surface area contributed by atoms with Crippen molar-refractivity contribution in [1.82, 2.24) is 0 Å². The van der Waals surface area contributed by atoms with Gasteiger partial charge in [-0.15, -0.1) is 11.8 Å². The van der Waals surface area contributed by atoms with Crippen LogP contribution in [0.4, 0.5) is 0 Å². The molecule has 2 rings (SSSR count). The third-order valence-corrected chi connectivity index (χ3v) is 3.05. The van der Waals surface area contributed by atoms with Gasteiger partial charge in [0.25, 0.3) is 0 Å². The maximum Gasteiger partial charge on any atom is 0.0464 e. The summed E-state index contributed by atoms with van der Waals surface area (Å²) in [5.74, 6) is 8.57. The maximum absolute atomic E-state index is 8.98. The van der Waals surface area contributed by atoms with Crippen molar-refractivity contribution in [1.29, 1.82) is 0 Å². The molecule has 0 bridgehead atoms. The van der Waals surface area contributed by atoms with Crippen molar-refractivity contribution in [3.05, 3.63) is 0 Å². The molecule has 1 heteroatoms. The third-order valence-electron chi connectivity index (χ3n) is 3.05. The lowest BCUT2D eigenvalue weighted by Gasteiger charge is -1.96. The molecule has 0 aromatic heterocycles. The number of rotatable bonds is 1. The van der Waals surface area contributed by atoms with E-state index in [9.17, 15) is 0 Å². The molecule has 0 heterocycles. The predicted molar refractivity (Wildman–Crippen MR) is 43.8 cm³/mol. The fourth-order valence-corrected chi connectivity index (χ4v) is 2.31. The minimum absolute atomic E-state index is 0.398. The Hall–Kier alpha value is -0.480. The van der Waals surface area contributed by atoms with Crippen LogP contribution in [0.25, 0.3) is 0 Å². The summed E-state index contributed by atoms with van der Waals surface area (Å²) in [6, 6.07) is 0. The van der Waals surface area contributed by atoms with Crippen LogP contribution < -0.4 is 0 Å². The standard InChI is InChI=1S/C10H14O/c11-7-10-8-5-3-1-2-4-6-9(8)10/h8-11H,3-7H2/t8-,9+,10?. The molecule has 0 aromatic carbocycles. The van der Waals surface area contributed by atoms with Crippen molar-refractivity contribution < 1.29 is 5.11 Å². The predicted octanol–water partition coefficient (Wildman–Crippen LogP) is 1.42. The van der Waals surface area contributed by atoms with Gasteiger partial charge in [0.2, 0.25) is 0 Å². The molecule has 60 valence electrons. The second kappa shape index (κ2) is 2.87. The van der Waals surface area contributed by atoms with Gasteiger partial charge in [0, 0.05) is 19.4 Å². The zero-order valence-electron chi connectivity index (χ0n) is 6.71. The van der Waals surface area contributed by atoms with Gasteiger partial charge in [-0.25, -0.2) is 0 Å². The van der Waals surface area contributed by atoms with Gasteiger partial charge in [-0.1, -0.05) is 0 Å². The fraction of sp³-hybridized carbons (Fsp3) is 0.800. The molecule has 1 N–H and O–H groups in total. The Morgan fingerprint density at radius 2 is 1.64 bits per heavy atom. The first kappa shape index (κ1) is 7.18. The second-order valence-electron chi connectivity index (χ2n) is 3.61. The van der Waals surface area contributed by atoms with E-state index in [1.165, 1.54) is 12.8 Å². The average molecular weight is 150 g/mol. The fourth-order valence-electron chi connectivity index (χ4n) is 2.31. The minimum atomic E-state index is 0.398. The smallest absolute Gasteiger partial charge is 0.0464 e. The van der Waals surface area contributed by atoms with Gasteiger partial charge in [-0.3, -0.25) is 0 Å². The summed E-state index contributed by atoms with van der Waals surface area (Å²) in [5, 5.41) is 8.98. The number of fused-ring (bicyclic) bond motifs is 1. The van der Waals surface area contributed by atoms with Gasteiger partial charge in [-0.05, 0) is 30.6 Å². The Kier molecular flexibility index (Phi) is 1.87. The van der Waals surface area contributed by atoms with Gasteiger partial charge in [0.05, 0.1) is 0 Å². The molecule has 3 atom stereocenters. The Balaban J connectivity index is 1.93. The minimum Gasteiger partial charge on any atom is -0.396 e. The molecule has 1 unspecified atom stereocenters. The van der Waals surface area contributed by atoms with E-state index < -0.39 is 0 Å². The summed E-state index contributed by atoms with van der Waals surface area (Å²) < 4.78 is 0. The first-order valence-electron chi connectivity index (χ1n) is 4.50. The van der Waals surface area contributed by atoms with Gasteiger partial charge < -0.3 is 5.11 Å². The quantitative estimate of drug-likeness (QED) is 0.560. The zero-order chi connectivity index (χ0) is 7.68. The molecular weight excluding hydrogens is 136 g/mol. The molecule has 1 nitrogen and oxygen atoms in total. The largest absolute Gasteiger partial charge is 0.396 e. The van der Waals surface area contributed by atoms with Crippen molar-refractivity contribution in [3.8, 4) is 11.8 Å². The Labute approximate surface area is 67.8 Å². The van der Waals surface area contributed by atoms with Crippen LogP contribution in [-0.2, 0) is 0 Å². The van der Waals surface area contributed by atoms with E-state index in [1.807, 2.05) is 0 Å². The third kappa shape index (κ3) is 1.28. The van der Waals surface area contributed by atoms with Crippen LogP contribution >= 0.6 is 0 Å². The first-order chi connectivity index (χ1) is 5.43. The molecule has 1 saturated carbocycles. The molecule has 2 aliphatic rings. The summed E-state index contributed by atoms with van der Waals surface area (Å²) in [4.78, 5) is 0. The summed E-state index contributed by atoms with van der Waals surface area (Å²) in [6.45, 7) is 0.398. The molecule has 11 heavy (non-hydrogen) atoms. The van der Waals surface area contributed by atoms with E-state index in [0.29, 0.717) is 12.5 Å². The Morgan fingerprint density at radius 3 is 2.09 bits per heavy atom. The van der Waals surface area contributed by atoms with Gasteiger partial charge >= 0.3 is 0 Å². The van der Waals surface area contributed by atoms with E-state index in [4.69, 9.17) is 5.11 Å². The molecule has 0 saturated heterocycles. The lowest BCUT2D eigenvalue weighted by Crippen LogP contribution is -1.88. The molecule has 0 aliphatic heterocycles. The SMILES string of the molecule is OCC1[C@H]2CCC#CCC[C@@H]12. The van der Waals surface area contributed by atoms with E-state index in [1.54, 1.807) is 0 Å². The lowest BCUT2D eigenvalue weighted by atomic mass is 10.1. The average Bonchev–Trinajstić information content (AvgIpc) is 2.60. The Morgan fingerprint density at radius 1 is 1.09 bits per heavy atom. The normalized spacial score (nSPS) is 41.0. The van der Waals surface area contributed by atoms with Crippen LogP contribution in [0.1, 0.15) is 25.7 Å². The van der Waals surface area contributed by atoms with Gasteiger partial charge in [0.1, 0.15) is 0 Å². The van der Waals surface area contributed by atoms with Crippen molar-refractivity contribution >= 4 is 0 Å². The first-order valence-corrected chi connectivity index (χ1v) is 4.50. The Bertz CT molecular complexity index is 181.